The van der Waals surface area contributed by atoms with E-state index in [0.29, 0.717) is 17.0 Å². The zero-order chi connectivity index (χ0) is 26.2. The van der Waals surface area contributed by atoms with Crippen LogP contribution in [0.4, 0.5) is 0 Å². The standard InChI is InChI=1S/C29H36ClN3O3/c1-17(2)14-23-26(34)31-24(21-15-19-8-6-7-9-20(19)16-21)28(36)33(23)25(27(35)32-29(3,4)5)18-10-12-22(30)13-11-18/h6-13,17,21,23-25H,14-16H2,1-5H3,(H,31,34)(H,32,35)/t23-,24-,25-/m1/s1. The van der Waals surface area contributed by atoms with Crippen molar-refractivity contribution in [3.05, 3.63) is 70.2 Å². The summed E-state index contributed by atoms with van der Waals surface area (Å²) in [5, 5.41) is 6.63. The van der Waals surface area contributed by atoms with Crippen molar-refractivity contribution in [1.29, 1.82) is 0 Å². The predicted octanol–water partition coefficient (Wildman–Crippen LogP) is 4.45. The van der Waals surface area contributed by atoms with Gasteiger partial charge in [0.2, 0.25) is 17.7 Å². The fourth-order valence-electron chi connectivity index (χ4n) is 5.40. The number of carbonyl (C=O) groups excluding carboxylic acids is 3. The Labute approximate surface area is 218 Å². The lowest BCUT2D eigenvalue weighted by Gasteiger charge is -2.45. The fraction of sp³-hybridized carbons (Fsp3) is 0.483. The third-order valence-electron chi connectivity index (χ3n) is 6.92. The molecule has 1 fully saturated rings. The number of fused-ring (bicyclic) bond motifs is 1. The van der Waals surface area contributed by atoms with E-state index >= 15 is 0 Å². The zero-order valence-electron chi connectivity index (χ0n) is 21.7. The van der Waals surface area contributed by atoms with Crippen LogP contribution in [0.1, 0.15) is 63.8 Å². The first-order valence-corrected chi connectivity index (χ1v) is 13.1. The number of halogens is 1. The average Bonchev–Trinajstić information content (AvgIpc) is 3.22. The molecule has 3 amide bonds. The van der Waals surface area contributed by atoms with E-state index in [1.165, 1.54) is 11.1 Å². The number of benzene rings is 2. The second kappa shape index (κ2) is 10.3. The molecule has 0 unspecified atom stereocenters. The van der Waals surface area contributed by atoms with Gasteiger partial charge in [-0.15, -0.1) is 0 Å². The number of amides is 3. The molecule has 0 radical (unpaired) electrons. The molecule has 4 rings (SSSR count). The van der Waals surface area contributed by atoms with E-state index in [9.17, 15) is 14.4 Å². The van der Waals surface area contributed by atoms with Crippen molar-refractivity contribution in [2.75, 3.05) is 0 Å². The van der Waals surface area contributed by atoms with Crippen molar-refractivity contribution in [3.8, 4) is 0 Å². The summed E-state index contributed by atoms with van der Waals surface area (Å²) in [6.07, 6.45) is 1.90. The number of nitrogens with zero attached hydrogens (tertiary/aromatic N) is 1. The molecule has 7 heteroatoms. The molecule has 2 N–H and O–H groups in total. The first kappa shape index (κ1) is 26.2. The molecular weight excluding hydrogens is 474 g/mol. The zero-order valence-corrected chi connectivity index (χ0v) is 22.4. The van der Waals surface area contributed by atoms with Crippen LogP contribution in [-0.2, 0) is 27.2 Å². The summed E-state index contributed by atoms with van der Waals surface area (Å²) in [4.78, 5) is 43.1. The highest BCUT2D eigenvalue weighted by atomic mass is 35.5. The molecule has 3 atom stereocenters. The average molecular weight is 510 g/mol. The van der Waals surface area contributed by atoms with Gasteiger partial charge in [0.15, 0.2) is 0 Å². The van der Waals surface area contributed by atoms with Gasteiger partial charge < -0.3 is 15.5 Å². The van der Waals surface area contributed by atoms with Crippen molar-refractivity contribution in [2.24, 2.45) is 11.8 Å². The monoisotopic (exact) mass is 509 g/mol. The lowest BCUT2D eigenvalue weighted by molar-refractivity contribution is -0.158. The smallest absolute Gasteiger partial charge is 0.247 e. The van der Waals surface area contributed by atoms with Crippen LogP contribution in [0.3, 0.4) is 0 Å². The van der Waals surface area contributed by atoms with Gasteiger partial charge in [0.05, 0.1) is 0 Å². The Balaban J connectivity index is 1.76. The lowest BCUT2D eigenvalue weighted by Crippen LogP contribution is -2.67. The Hall–Kier alpha value is -2.86. The Kier molecular flexibility index (Phi) is 7.46. The van der Waals surface area contributed by atoms with Crippen LogP contribution in [-0.4, -0.2) is 40.2 Å². The van der Waals surface area contributed by atoms with E-state index in [2.05, 4.69) is 22.8 Å². The molecule has 1 heterocycles. The molecule has 1 aliphatic carbocycles. The SMILES string of the molecule is CC(C)C[C@@H]1C(=O)N[C@H](C2Cc3ccccc3C2)C(=O)N1[C@@H](C(=O)NC(C)(C)C)c1ccc(Cl)cc1. The Morgan fingerprint density at radius 2 is 1.64 bits per heavy atom. The molecule has 1 aliphatic heterocycles. The Bertz CT molecular complexity index is 1110. The first-order valence-electron chi connectivity index (χ1n) is 12.7. The minimum Gasteiger partial charge on any atom is -0.349 e. The number of hydrogen-bond acceptors (Lipinski definition) is 3. The summed E-state index contributed by atoms with van der Waals surface area (Å²) in [6, 6.07) is 12.7. The number of nitrogens with one attached hydrogen (secondary N) is 2. The largest absolute Gasteiger partial charge is 0.349 e. The summed E-state index contributed by atoms with van der Waals surface area (Å²) in [5.74, 6) is -0.623. The highest BCUT2D eigenvalue weighted by molar-refractivity contribution is 6.30. The molecule has 0 bridgehead atoms. The van der Waals surface area contributed by atoms with Crippen LogP contribution in [0.2, 0.25) is 5.02 Å². The van der Waals surface area contributed by atoms with Gasteiger partial charge in [-0.05, 0) is 80.7 Å². The Morgan fingerprint density at radius 3 is 2.17 bits per heavy atom. The minimum absolute atomic E-state index is 0.0575. The highest BCUT2D eigenvalue weighted by Crippen LogP contribution is 2.35. The Morgan fingerprint density at radius 1 is 1.06 bits per heavy atom. The van der Waals surface area contributed by atoms with Crippen molar-refractivity contribution in [3.63, 3.8) is 0 Å². The van der Waals surface area contributed by atoms with Crippen molar-refractivity contribution in [2.45, 2.75) is 77.5 Å². The number of hydrogen-bond donors (Lipinski definition) is 2. The van der Waals surface area contributed by atoms with E-state index in [4.69, 9.17) is 11.6 Å². The van der Waals surface area contributed by atoms with Crippen molar-refractivity contribution >= 4 is 29.3 Å². The summed E-state index contributed by atoms with van der Waals surface area (Å²) in [7, 11) is 0. The molecule has 0 aromatic heterocycles. The van der Waals surface area contributed by atoms with Crippen molar-refractivity contribution in [1.82, 2.24) is 15.5 Å². The molecule has 0 spiro atoms. The third-order valence-corrected chi connectivity index (χ3v) is 7.17. The van der Waals surface area contributed by atoms with Gasteiger partial charge in [0.25, 0.3) is 0 Å². The molecule has 0 saturated carbocycles. The molecular formula is C29H36ClN3O3. The third kappa shape index (κ3) is 5.59. The molecule has 36 heavy (non-hydrogen) atoms. The van der Waals surface area contributed by atoms with E-state index in [1.807, 2.05) is 46.8 Å². The van der Waals surface area contributed by atoms with E-state index < -0.39 is 23.7 Å². The summed E-state index contributed by atoms with van der Waals surface area (Å²) < 4.78 is 0. The quantitative estimate of drug-likeness (QED) is 0.603. The molecule has 2 aromatic rings. The van der Waals surface area contributed by atoms with Gasteiger partial charge in [0, 0.05) is 10.6 Å². The van der Waals surface area contributed by atoms with Gasteiger partial charge >= 0.3 is 0 Å². The van der Waals surface area contributed by atoms with Crippen LogP contribution < -0.4 is 10.6 Å². The summed E-state index contributed by atoms with van der Waals surface area (Å²) in [6.45, 7) is 9.74. The number of carbonyl (C=O) groups is 3. The maximum absolute atomic E-state index is 14.3. The predicted molar refractivity (Wildman–Crippen MR) is 141 cm³/mol. The fourth-order valence-corrected chi connectivity index (χ4v) is 5.52. The van der Waals surface area contributed by atoms with E-state index in [0.717, 1.165) is 12.8 Å². The lowest BCUT2D eigenvalue weighted by atomic mass is 9.87. The van der Waals surface area contributed by atoms with E-state index in [-0.39, 0.29) is 29.6 Å². The number of piperazine rings is 1. The van der Waals surface area contributed by atoms with Crippen LogP contribution >= 0.6 is 11.6 Å². The van der Waals surface area contributed by atoms with Crippen LogP contribution in [0, 0.1) is 11.8 Å². The molecule has 1 saturated heterocycles. The van der Waals surface area contributed by atoms with Crippen LogP contribution in [0.15, 0.2) is 48.5 Å². The second-order valence-electron chi connectivity index (χ2n) is 11.5. The highest BCUT2D eigenvalue weighted by Gasteiger charge is 2.49. The topological polar surface area (TPSA) is 78.5 Å². The van der Waals surface area contributed by atoms with Crippen molar-refractivity contribution < 1.29 is 14.4 Å². The normalized spacial score (nSPS) is 21.4. The first-order chi connectivity index (χ1) is 16.9. The number of rotatable bonds is 6. The van der Waals surface area contributed by atoms with Gasteiger partial charge in [-0.25, -0.2) is 0 Å². The van der Waals surface area contributed by atoms with Crippen LogP contribution in [0.5, 0.6) is 0 Å². The molecule has 192 valence electrons. The van der Waals surface area contributed by atoms with Crippen LogP contribution in [0.25, 0.3) is 0 Å². The minimum atomic E-state index is -0.949. The summed E-state index contributed by atoms with van der Waals surface area (Å²) in [5.41, 5.74) is 2.54. The van der Waals surface area contributed by atoms with Gasteiger partial charge in [-0.1, -0.05) is 61.8 Å². The summed E-state index contributed by atoms with van der Waals surface area (Å²) >= 11 is 6.15. The second-order valence-corrected chi connectivity index (χ2v) is 11.9. The maximum Gasteiger partial charge on any atom is 0.247 e. The maximum atomic E-state index is 14.3. The van der Waals surface area contributed by atoms with E-state index in [1.54, 1.807) is 29.2 Å². The van der Waals surface area contributed by atoms with Gasteiger partial charge in [-0.3, -0.25) is 14.4 Å². The molecule has 2 aliphatic rings. The molecule has 6 nitrogen and oxygen atoms in total. The van der Waals surface area contributed by atoms with Gasteiger partial charge in [0.1, 0.15) is 18.1 Å². The molecule has 2 aromatic carbocycles. The van der Waals surface area contributed by atoms with Gasteiger partial charge in [-0.2, -0.15) is 0 Å².